The minimum Gasteiger partial charge on any atom is -0.531 e. The molecule has 5 nitrogen and oxygen atoms in total. The second-order valence-electron chi connectivity index (χ2n) is 8.45. The standard InChI is InChI=1S/C18H27N3O2SSi2/c1-21-12-13-16(22-25(2,3)4)19-18(23-26(5,6)7)20-17(13)24-15-11-9-8-10-14(15)21/h8-11H,12H2,1-7H3. The van der Waals surface area contributed by atoms with Gasteiger partial charge >= 0.3 is 6.01 Å². The van der Waals surface area contributed by atoms with Crippen LogP contribution in [0.3, 0.4) is 0 Å². The van der Waals surface area contributed by atoms with Gasteiger partial charge in [0.15, 0.2) is 0 Å². The summed E-state index contributed by atoms with van der Waals surface area (Å²) in [5.74, 6) is 0.676. The van der Waals surface area contributed by atoms with Gasteiger partial charge in [-0.3, -0.25) is 0 Å². The molecule has 2 heterocycles. The second kappa shape index (κ2) is 6.90. The van der Waals surface area contributed by atoms with Gasteiger partial charge in [-0.15, -0.1) is 0 Å². The van der Waals surface area contributed by atoms with Crippen molar-refractivity contribution in [3.8, 4) is 11.9 Å². The highest BCUT2D eigenvalue weighted by Crippen LogP contribution is 2.43. The number of nitrogens with zero attached hydrogens (tertiary/aromatic N) is 3. The molecule has 0 unspecified atom stereocenters. The first-order valence-electron chi connectivity index (χ1n) is 8.79. The van der Waals surface area contributed by atoms with Crippen molar-refractivity contribution in [1.29, 1.82) is 0 Å². The van der Waals surface area contributed by atoms with Crippen LogP contribution in [0.5, 0.6) is 11.9 Å². The normalized spacial score (nSPS) is 14.3. The summed E-state index contributed by atoms with van der Waals surface area (Å²) in [5.41, 5.74) is 2.24. The number of fused-ring (bicyclic) bond motifs is 2. The third kappa shape index (κ3) is 4.60. The number of rotatable bonds is 4. The van der Waals surface area contributed by atoms with E-state index in [9.17, 15) is 0 Å². The summed E-state index contributed by atoms with van der Waals surface area (Å²) in [4.78, 5) is 12.8. The minimum atomic E-state index is -1.82. The molecule has 0 spiro atoms. The van der Waals surface area contributed by atoms with E-state index in [0.29, 0.717) is 18.4 Å². The quantitative estimate of drug-likeness (QED) is 0.527. The van der Waals surface area contributed by atoms with Crippen LogP contribution in [0.1, 0.15) is 5.56 Å². The number of hydrogen-bond donors (Lipinski definition) is 0. The van der Waals surface area contributed by atoms with Crippen molar-refractivity contribution in [2.75, 3.05) is 11.9 Å². The third-order valence-electron chi connectivity index (χ3n) is 3.59. The van der Waals surface area contributed by atoms with E-state index in [1.165, 1.54) is 10.6 Å². The fraction of sp³-hybridized carbons (Fsp3) is 0.444. The first-order chi connectivity index (χ1) is 12.0. The van der Waals surface area contributed by atoms with E-state index in [1.54, 1.807) is 11.8 Å². The summed E-state index contributed by atoms with van der Waals surface area (Å²) < 4.78 is 12.4. The van der Waals surface area contributed by atoms with Gasteiger partial charge in [0.2, 0.25) is 22.5 Å². The maximum absolute atomic E-state index is 6.34. The minimum absolute atomic E-state index is 0.436. The van der Waals surface area contributed by atoms with E-state index in [4.69, 9.17) is 13.8 Å². The molecule has 0 saturated heterocycles. The van der Waals surface area contributed by atoms with Gasteiger partial charge in [0.25, 0.3) is 0 Å². The molecular formula is C18H27N3O2SSi2. The molecule has 26 heavy (non-hydrogen) atoms. The zero-order valence-corrected chi connectivity index (χ0v) is 19.4. The number of aromatic nitrogens is 2. The first-order valence-corrected chi connectivity index (χ1v) is 16.4. The number of anilines is 1. The molecule has 140 valence electrons. The summed E-state index contributed by atoms with van der Waals surface area (Å²) in [6.07, 6.45) is 0. The van der Waals surface area contributed by atoms with Gasteiger partial charge in [0, 0.05) is 11.9 Å². The summed E-state index contributed by atoms with van der Waals surface area (Å²) in [5, 5.41) is 0.929. The predicted molar refractivity (Wildman–Crippen MR) is 113 cm³/mol. The summed E-state index contributed by atoms with van der Waals surface area (Å²) >= 11 is 1.67. The Morgan fingerprint density at radius 1 is 0.962 bits per heavy atom. The van der Waals surface area contributed by atoms with Crippen LogP contribution >= 0.6 is 11.8 Å². The van der Waals surface area contributed by atoms with E-state index in [1.807, 2.05) is 0 Å². The molecule has 1 aromatic heterocycles. The summed E-state index contributed by atoms with van der Waals surface area (Å²) in [6, 6.07) is 8.83. The lowest BCUT2D eigenvalue weighted by Crippen LogP contribution is -2.33. The molecule has 0 saturated carbocycles. The molecule has 0 N–H and O–H groups in total. The van der Waals surface area contributed by atoms with Crippen LogP contribution in [-0.2, 0) is 6.54 Å². The van der Waals surface area contributed by atoms with Crippen LogP contribution in [0, 0.1) is 0 Å². The molecule has 0 aliphatic carbocycles. The molecule has 0 amide bonds. The number of benzene rings is 1. The van der Waals surface area contributed by atoms with Crippen molar-refractivity contribution in [3.63, 3.8) is 0 Å². The largest absolute Gasteiger partial charge is 0.531 e. The zero-order valence-electron chi connectivity index (χ0n) is 16.6. The van der Waals surface area contributed by atoms with E-state index < -0.39 is 16.6 Å². The van der Waals surface area contributed by atoms with Gasteiger partial charge in [-0.25, -0.2) is 0 Å². The Bertz CT molecular complexity index is 819. The Hall–Kier alpha value is -1.52. The van der Waals surface area contributed by atoms with Gasteiger partial charge < -0.3 is 13.8 Å². The van der Waals surface area contributed by atoms with Gasteiger partial charge in [0.05, 0.1) is 17.8 Å². The van der Waals surface area contributed by atoms with Crippen molar-refractivity contribution in [2.24, 2.45) is 0 Å². The smallest absolute Gasteiger partial charge is 0.306 e. The molecular weight excluding hydrogens is 378 g/mol. The Labute approximate surface area is 162 Å². The second-order valence-corrected chi connectivity index (χ2v) is 18.3. The zero-order chi connectivity index (χ0) is 19.1. The van der Waals surface area contributed by atoms with Crippen molar-refractivity contribution in [3.05, 3.63) is 29.8 Å². The lowest BCUT2D eigenvalue weighted by atomic mass is 10.2. The number of para-hydroxylation sites is 1. The van der Waals surface area contributed by atoms with Crippen molar-refractivity contribution in [2.45, 2.75) is 55.7 Å². The van der Waals surface area contributed by atoms with Crippen LogP contribution in [0.4, 0.5) is 5.69 Å². The van der Waals surface area contributed by atoms with Crippen molar-refractivity contribution in [1.82, 2.24) is 9.97 Å². The van der Waals surface area contributed by atoms with E-state index in [2.05, 4.69) is 80.5 Å². The monoisotopic (exact) mass is 405 g/mol. The fourth-order valence-electron chi connectivity index (χ4n) is 2.62. The van der Waals surface area contributed by atoms with Crippen molar-refractivity contribution >= 4 is 34.1 Å². The first kappa shape index (κ1) is 19.3. The predicted octanol–water partition coefficient (Wildman–Crippen LogP) is 5.01. The van der Waals surface area contributed by atoms with Crippen molar-refractivity contribution < 1.29 is 8.85 Å². The lowest BCUT2D eigenvalue weighted by Gasteiger charge is -2.25. The average Bonchev–Trinajstić information content (AvgIpc) is 2.61. The van der Waals surface area contributed by atoms with E-state index >= 15 is 0 Å². The van der Waals surface area contributed by atoms with Crippen LogP contribution in [-0.4, -0.2) is 33.7 Å². The third-order valence-corrected chi connectivity index (χ3v) is 6.29. The summed E-state index contributed by atoms with van der Waals surface area (Å²) in [6.45, 7) is 13.6. The van der Waals surface area contributed by atoms with Gasteiger partial charge in [-0.05, 0) is 51.4 Å². The maximum atomic E-state index is 6.34. The molecule has 0 radical (unpaired) electrons. The Balaban J connectivity index is 2.12. The molecule has 1 aromatic carbocycles. The van der Waals surface area contributed by atoms with Gasteiger partial charge in [-0.1, -0.05) is 23.9 Å². The van der Waals surface area contributed by atoms with E-state index in [-0.39, 0.29) is 0 Å². The lowest BCUT2D eigenvalue weighted by molar-refractivity contribution is 0.461. The molecule has 1 aliphatic rings. The van der Waals surface area contributed by atoms with Crippen LogP contribution in [0.25, 0.3) is 0 Å². The van der Waals surface area contributed by atoms with Crippen LogP contribution in [0.15, 0.2) is 34.2 Å². The Morgan fingerprint density at radius 3 is 2.27 bits per heavy atom. The summed E-state index contributed by atoms with van der Waals surface area (Å²) in [7, 11) is -1.53. The number of hydrogen-bond acceptors (Lipinski definition) is 6. The van der Waals surface area contributed by atoms with E-state index in [0.717, 1.165) is 10.6 Å². The molecule has 1 aliphatic heterocycles. The highest BCUT2D eigenvalue weighted by atomic mass is 32.2. The molecule has 2 aromatic rings. The molecule has 3 rings (SSSR count). The topological polar surface area (TPSA) is 47.5 Å². The van der Waals surface area contributed by atoms with Gasteiger partial charge in [-0.2, -0.15) is 9.97 Å². The van der Waals surface area contributed by atoms with Crippen LogP contribution in [0.2, 0.25) is 39.3 Å². The highest BCUT2D eigenvalue weighted by Gasteiger charge is 2.28. The molecule has 0 atom stereocenters. The molecule has 8 heteroatoms. The molecule has 0 bridgehead atoms. The highest BCUT2D eigenvalue weighted by molar-refractivity contribution is 7.99. The fourth-order valence-corrected chi connectivity index (χ4v) is 5.09. The Morgan fingerprint density at radius 2 is 1.62 bits per heavy atom. The average molecular weight is 406 g/mol. The van der Waals surface area contributed by atoms with Crippen LogP contribution < -0.4 is 13.8 Å². The maximum Gasteiger partial charge on any atom is 0.306 e. The molecule has 0 fully saturated rings. The van der Waals surface area contributed by atoms with Gasteiger partial charge in [0.1, 0.15) is 5.03 Å². The SMILES string of the molecule is CN1Cc2c(O[Si](C)(C)C)nc(O[Si](C)(C)C)nc2Sc2ccccc21. The Kier molecular flexibility index (Phi) is 5.11.